The molecule has 0 saturated carbocycles. The van der Waals surface area contributed by atoms with Gasteiger partial charge >= 0.3 is 5.97 Å². The lowest BCUT2D eigenvalue weighted by Gasteiger charge is -2.11. The summed E-state index contributed by atoms with van der Waals surface area (Å²) in [5, 5.41) is 4.63. The molecule has 0 spiro atoms. The van der Waals surface area contributed by atoms with Gasteiger partial charge in [0.2, 0.25) is 10.9 Å². The summed E-state index contributed by atoms with van der Waals surface area (Å²) >= 11 is 1.36. The molecule has 0 N–H and O–H groups in total. The monoisotopic (exact) mass is 312 g/mol. The van der Waals surface area contributed by atoms with Crippen LogP contribution in [0.5, 0.6) is 0 Å². The largest absolute Gasteiger partial charge is 0.463 e. The van der Waals surface area contributed by atoms with E-state index in [1.54, 1.807) is 11.5 Å². The molecule has 0 bridgehead atoms. The van der Waals surface area contributed by atoms with Gasteiger partial charge in [-0.1, -0.05) is 11.8 Å². The summed E-state index contributed by atoms with van der Waals surface area (Å²) in [6.45, 7) is 3.79. The molecule has 2 aromatic heterocycles. The van der Waals surface area contributed by atoms with Gasteiger partial charge in [0.05, 0.1) is 6.61 Å². The van der Waals surface area contributed by atoms with Crippen LogP contribution in [0.25, 0.3) is 5.78 Å². The van der Waals surface area contributed by atoms with Gasteiger partial charge in [-0.2, -0.15) is 9.50 Å². The van der Waals surface area contributed by atoms with Crippen LogP contribution in [0.1, 0.15) is 12.6 Å². The fourth-order valence-electron chi connectivity index (χ4n) is 1.73. The Morgan fingerprint density at radius 1 is 1.43 bits per heavy atom. The number of thioether (sulfide) groups is 1. The molecule has 0 amide bonds. The van der Waals surface area contributed by atoms with Crippen LogP contribution in [0.4, 0.5) is 0 Å². The molecule has 0 aliphatic heterocycles. The van der Waals surface area contributed by atoms with Crippen LogP contribution in [0.2, 0.25) is 0 Å². The normalized spacial score (nSPS) is 11.0. The molecule has 0 aromatic carbocycles. The minimum atomic E-state index is -0.345. The zero-order chi connectivity index (χ0) is 15.4. The van der Waals surface area contributed by atoms with Crippen LogP contribution in [0, 0.1) is 6.92 Å². The maximum absolute atomic E-state index is 11.9. The third kappa shape index (κ3) is 3.61. The number of fused-ring (bicyclic) bond motifs is 1. The van der Waals surface area contributed by atoms with Crippen LogP contribution in [-0.2, 0) is 21.0 Å². The van der Waals surface area contributed by atoms with E-state index < -0.39 is 0 Å². The number of hydrogen-bond acceptors (Lipinski definition) is 7. The van der Waals surface area contributed by atoms with Crippen molar-refractivity contribution in [2.75, 3.05) is 19.5 Å². The van der Waals surface area contributed by atoms with E-state index >= 15 is 0 Å². The van der Waals surface area contributed by atoms with Gasteiger partial charge in [-0.3, -0.25) is 14.2 Å². The molecule has 2 aromatic rings. The first kappa shape index (κ1) is 15.5. The number of nitrogens with zero attached hydrogens (tertiary/aromatic N) is 4. The van der Waals surface area contributed by atoms with Gasteiger partial charge < -0.3 is 9.47 Å². The number of hydrogen-bond donors (Lipinski definition) is 0. The third-order valence-electron chi connectivity index (χ3n) is 2.71. The Labute approximate surface area is 125 Å². The first-order valence-corrected chi connectivity index (χ1v) is 7.47. The summed E-state index contributed by atoms with van der Waals surface area (Å²) < 4.78 is 13.2. The topological polar surface area (TPSA) is 87.7 Å². The molecule has 21 heavy (non-hydrogen) atoms. The van der Waals surface area contributed by atoms with Gasteiger partial charge in [0.25, 0.3) is 5.56 Å². The molecule has 0 radical (unpaired) electrons. The average Bonchev–Trinajstić information content (AvgIpc) is 2.86. The molecule has 8 nitrogen and oxygen atoms in total. The smallest absolute Gasteiger partial charge is 0.302 e. The lowest BCUT2D eigenvalue weighted by molar-refractivity contribution is -0.142. The van der Waals surface area contributed by atoms with Crippen LogP contribution in [0.15, 0.2) is 16.0 Å². The zero-order valence-electron chi connectivity index (χ0n) is 12.0. The highest BCUT2D eigenvalue weighted by Crippen LogP contribution is 2.11. The number of aryl methyl sites for hydroxylation is 1. The van der Waals surface area contributed by atoms with Gasteiger partial charge in [0, 0.05) is 18.7 Å². The Hall–Kier alpha value is -1.87. The zero-order valence-corrected chi connectivity index (χ0v) is 12.8. The molecule has 0 aliphatic rings. The average molecular weight is 312 g/mol. The minimum Gasteiger partial charge on any atom is -0.463 e. The number of ether oxygens (including phenoxy) is 2. The molecule has 2 heterocycles. The van der Waals surface area contributed by atoms with Crippen molar-refractivity contribution in [2.45, 2.75) is 25.7 Å². The van der Waals surface area contributed by atoms with Gasteiger partial charge in [-0.05, 0) is 13.2 Å². The molecule has 0 fully saturated rings. The van der Waals surface area contributed by atoms with E-state index in [0.29, 0.717) is 10.9 Å². The molecule has 2 rings (SSSR count). The van der Waals surface area contributed by atoms with Crippen molar-refractivity contribution >= 4 is 23.5 Å². The molecule has 0 atom stereocenters. The quantitative estimate of drug-likeness (QED) is 0.435. The second kappa shape index (κ2) is 6.72. The van der Waals surface area contributed by atoms with Gasteiger partial charge in [-0.25, -0.2) is 0 Å². The first-order valence-electron chi connectivity index (χ1n) is 6.25. The Morgan fingerprint density at radius 3 is 2.86 bits per heavy atom. The fraction of sp³-hybridized carbons (Fsp3) is 0.500. The summed E-state index contributed by atoms with van der Waals surface area (Å²) in [7, 11) is 0. The number of esters is 1. The van der Waals surface area contributed by atoms with Crippen LogP contribution in [0.3, 0.4) is 0 Å². The van der Waals surface area contributed by atoms with E-state index in [2.05, 4.69) is 10.1 Å². The Bertz CT molecular complexity index is 709. The number of carbonyl (C=O) groups is 1. The van der Waals surface area contributed by atoms with Crippen molar-refractivity contribution in [2.24, 2.45) is 0 Å². The molecule has 0 unspecified atom stereocenters. The molecule has 114 valence electrons. The van der Waals surface area contributed by atoms with Crippen molar-refractivity contribution < 1.29 is 14.3 Å². The van der Waals surface area contributed by atoms with E-state index in [1.807, 2.05) is 6.26 Å². The molecule has 0 saturated heterocycles. The highest BCUT2D eigenvalue weighted by molar-refractivity contribution is 7.98. The SMILES string of the molecule is CSc1nc2n(COCCOC(C)=O)c(C)cc(=O)n2n1. The summed E-state index contributed by atoms with van der Waals surface area (Å²) in [6, 6.07) is 1.47. The third-order valence-corrected chi connectivity index (χ3v) is 3.25. The minimum absolute atomic E-state index is 0.188. The summed E-state index contributed by atoms with van der Waals surface area (Å²) in [5.41, 5.74) is 0.492. The molecular weight excluding hydrogens is 296 g/mol. The fourth-order valence-corrected chi connectivity index (χ4v) is 2.07. The molecular formula is C12H16N4O4S. The molecule has 9 heteroatoms. The van der Waals surface area contributed by atoms with E-state index in [1.165, 1.54) is 29.3 Å². The van der Waals surface area contributed by atoms with Crippen LogP contribution < -0.4 is 5.56 Å². The van der Waals surface area contributed by atoms with Crippen molar-refractivity contribution in [3.05, 3.63) is 22.1 Å². The number of rotatable bonds is 6. The lowest BCUT2D eigenvalue weighted by Crippen LogP contribution is -2.21. The Morgan fingerprint density at radius 2 is 2.19 bits per heavy atom. The highest BCUT2D eigenvalue weighted by atomic mass is 32.2. The van der Waals surface area contributed by atoms with E-state index in [-0.39, 0.29) is 31.5 Å². The number of carbonyl (C=O) groups excluding carboxylic acids is 1. The van der Waals surface area contributed by atoms with Gasteiger partial charge in [-0.15, -0.1) is 5.10 Å². The van der Waals surface area contributed by atoms with E-state index in [0.717, 1.165) is 5.69 Å². The van der Waals surface area contributed by atoms with Crippen LogP contribution >= 0.6 is 11.8 Å². The Kier molecular flexibility index (Phi) is 4.97. The van der Waals surface area contributed by atoms with Crippen molar-refractivity contribution in [1.82, 2.24) is 19.2 Å². The van der Waals surface area contributed by atoms with E-state index in [4.69, 9.17) is 9.47 Å². The highest BCUT2D eigenvalue weighted by Gasteiger charge is 2.11. The van der Waals surface area contributed by atoms with Gasteiger partial charge in [0.15, 0.2) is 0 Å². The molecule has 0 aliphatic carbocycles. The maximum atomic E-state index is 11.9. The Balaban J connectivity index is 2.16. The van der Waals surface area contributed by atoms with Gasteiger partial charge in [0.1, 0.15) is 13.3 Å². The second-order valence-corrected chi connectivity index (χ2v) is 5.01. The van der Waals surface area contributed by atoms with Crippen molar-refractivity contribution in [3.8, 4) is 0 Å². The lowest BCUT2D eigenvalue weighted by atomic mass is 10.4. The van der Waals surface area contributed by atoms with Crippen molar-refractivity contribution in [3.63, 3.8) is 0 Å². The van der Waals surface area contributed by atoms with Crippen LogP contribution in [-0.4, -0.2) is 44.6 Å². The van der Waals surface area contributed by atoms with Crippen molar-refractivity contribution in [1.29, 1.82) is 0 Å². The van der Waals surface area contributed by atoms with E-state index in [9.17, 15) is 9.59 Å². The maximum Gasteiger partial charge on any atom is 0.302 e. The predicted molar refractivity (Wildman–Crippen MR) is 76.4 cm³/mol. The number of aromatic nitrogens is 4. The summed E-state index contributed by atoms with van der Waals surface area (Å²) in [4.78, 5) is 26.8. The standard InChI is InChI=1S/C12H16N4O4S/c1-8-6-10(18)16-12(13-11(14-16)21-3)15(8)7-19-4-5-20-9(2)17/h6H,4-5,7H2,1-3H3. The predicted octanol–water partition coefficient (Wildman–Crippen LogP) is 0.459. The second-order valence-electron chi connectivity index (χ2n) is 4.24. The summed E-state index contributed by atoms with van der Waals surface area (Å²) in [6.07, 6.45) is 1.84. The first-order chi connectivity index (χ1) is 10.0. The summed E-state index contributed by atoms with van der Waals surface area (Å²) in [5.74, 6) is 0.0828.